The van der Waals surface area contributed by atoms with E-state index in [1.54, 1.807) is 0 Å². The second-order valence-corrected chi connectivity index (χ2v) is 3.33. The summed E-state index contributed by atoms with van der Waals surface area (Å²) >= 11 is -1.68. The van der Waals surface area contributed by atoms with Crippen molar-refractivity contribution in [1.29, 1.82) is 0 Å². The molecule has 3 nitrogen and oxygen atoms in total. The van der Waals surface area contributed by atoms with E-state index in [9.17, 15) is 4.21 Å². The maximum atomic E-state index is 10.4. The summed E-state index contributed by atoms with van der Waals surface area (Å²) < 4.78 is 23.9. The molecule has 2 atom stereocenters. The van der Waals surface area contributed by atoms with Crippen molar-refractivity contribution < 1.29 is 13.5 Å². The first-order chi connectivity index (χ1) is 4.30. The van der Waals surface area contributed by atoms with Gasteiger partial charge in [-0.05, 0) is 12.8 Å². The second-order valence-electron chi connectivity index (χ2n) is 2.12. The van der Waals surface area contributed by atoms with Crippen LogP contribution in [-0.4, -0.2) is 27.2 Å². The highest BCUT2D eigenvalue weighted by Crippen LogP contribution is 2.09. The molecule has 1 heterocycles. The first-order valence-corrected chi connectivity index (χ1v) is 4.15. The van der Waals surface area contributed by atoms with Crippen molar-refractivity contribution in [2.24, 2.45) is 0 Å². The van der Waals surface area contributed by atoms with Crippen LogP contribution in [-0.2, 0) is 15.8 Å². The van der Waals surface area contributed by atoms with Crippen molar-refractivity contribution in [1.82, 2.24) is 0 Å². The van der Waals surface area contributed by atoms with Gasteiger partial charge in [0.05, 0.1) is 11.9 Å². The summed E-state index contributed by atoms with van der Waals surface area (Å²) in [6.45, 7) is 1.19. The molecule has 1 fully saturated rings. The van der Waals surface area contributed by atoms with E-state index in [-0.39, 0.29) is 5.25 Å². The van der Waals surface area contributed by atoms with Gasteiger partial charge in [0.25, 0.3) is 0 Å². The molecule has 1 saturated heterocycles. The van der Waals surface area contributed by atoms with Crippen LogP contribution in [0.4, 0.5) is 0 Å². The van der Waals surface area contributed by atoms with Crippen molar-refractivity contribution in [3.63, 3.8) is 0 Å². The molecule has 0 bridgehead atoms. The van der Waals surface area contributed by atoms with Crippen LogP contribution in [0.3, 0.4) is 0 Å². The van der Waals surface area contributed by atoms with Crippen molar-refractivity contribution >= 4 is 11.1 Å². The monoisotopic (exact) mass is 150 g/mol. The third kappa shape index (κ3) is 2.04. The molecule has 0 radical (unpaired) electrons. The lowest BCUT2D eigenvalue weighted by atomic mass is 10.2. The van der Waals surface area contributed by atoms with E-state index < -0.39 is 11.1 Å². The Morgan fingerprint density at radius 2 is 2.44 bits per heavy atom. The number of ether oxygens (including phenoxy) is 1. The molecule has 0 aromatic heterocycles. The van der Waals surface area contributed by atoms with E-state index in [2.05, 4.69) is 0 Å². The smallest absolute Gasteiger partial charge is 0.158 e. The van der Waals surface area contributed by atoms with Gasteiger partial charge in [0.2, 0.25) is 0 Å². The molecule has 0 aliphatic carbocycles. The first kappa shape index (κ1) is 7.18. The van der Waals surface area contributed by atoms with Crippen molar-refractivity contribution in [3.8, 4) is 0 Å². The summed E-state index contributed by atoms with van der Waals surface area (Å²) in [6.07, 6.45) is 1.74. The molecule has 0 aromatic carbocycles. The topological polar surface area (TPSA) is 46.5 Å². The maximum absolute atomic E-state index is 10.4. The normalized spacial score (nSPS) is 31.9. The third-order valence-corrected chi connectivity index (χ3v) is 2.35. The molecule has 54 valence electrons. The quantitative estimate of drug-likeness (QED) is 0.550. The number of rotatable bonds is 1. The standard InChI is InChI=1S/C5H10O3S/c6-9(7)5-2-1-3-8-4-5/h5H,1-4H2,(H,6,7)/t5-/m0/s1. The lowest BCUT2D eigenvalue weighted by molar-refractivity contribution is 0.0988. The van der Waals surface area contributed by atoms with Gasteiger partial charge in [-0.3, -0.25) is 0 Å². The molecule has 1 rings (SSSR count). The van der Waals surface area contributed by atoms with Gasteiger partial charge < -0.3 is 9.29 Å². The van der Waals surface area contributed by atoms with Crippen LogP contribution >= 0.6 is 0 Å². The zero-order valence-corrected chi connectivity index (χ0v) is 5.89. The number of hydrogen-bond acceptors (Lipinski definition) is 2. The fraction of sp³-hybridized carbons (Fsp3) is 1.00. The van der Waals surface area contributed by atoms with E-state index in [0.717, 1.165) is 19.4 Å². The van der Waals surface area contributed by atoms with E-state index in [0.29, 0.717) is 6.61 Å². The lowest BCUT2D eigenvalue weighted by Crippen LogP contribution is -2.26. The molecule has 0 saturated carbocycles. The Morgan fingerprint density at radius 3 is 2.78 bits per heavy atom. The maximum Gasteiger partial charge on any atom is 0.158 e. The summed E-state index contributed by atoms with van der Waals surface area (Å²) in [5.74, 6) is 0. The fourth-order valence-corrected chi connectivity index (χ4v) is 1.45. The third-order valence-electron chi connectivity index (χ3n) is 1.40. The van der Waals surface area contributed by atoms with Gasteiger partial charge in [0, 0.05) is 6.61 Å². The summed E-state index contributed by atoms with van der Waals surface area (Å²) in [6, 6.07) is 0. The predicted molar refractivity (Wildman–Crippen MR) is 34.6 cm³/mol. The number of hydrogen-bond donors (Lipinski definition) is 1. The van der Waals surface area contributed by atoms with E-state index in [1.165, 1.54) is 0 Å². The molecular formula is C5H10O3S. The minimum atomic E-state index is -1.68. The van der Waals surface area contributed by atoms with Crippen LogP contribution in [0.5, 0.6) is 0 Å². The Morgan fingerprint density at radius 1 is 1.67 bits per heavy atom. The SMILES string of the molecule is O=S(O)[C@H]1CCCOC1. The largest absolute Gasteiger partial charge is 0.380 e. The molecule has 1 aliphatic rings. The average molecular weight is 150 g/mol. The van der Waals surface area contributed by atoms with Crippen molar-refractivity contribution in [2.75, 3.05) is 13.2 Å². The van der Waals surface area contributed by atoms with Crippen LogP contribution in [0.2, 0.25) is 0 Å². The van der Waals surface area contributed by atoms with Crippen LogP contribution in [0.1, 0.15) is 12.8 Å². The minimum absolute atomic E-state index is 0.140. The van der Waals surface area contributed by atoms with Gasteiger partial charge in [-0.15, -0.1) is 0 Å². The van der Waals surface area contributed by atoms with E-state index in [4.69, 9.17) is 9.29 Å². The summed E-state index contributed by atoms with van der Waals surface area (Å²) in [5, 5.41) is -0.140. The first-order valence-electron chi connectivity index (χ1n) is 2.98. The van der Waals surface area contributed by atoms with Crippen LogP contribution in [0, 0.1) is 0 Å². The van der Waals surface area contributed by atoms with Crippen molar-refractivity contribution in [3.05, 3.63) is 0 Å². The lowest BCUT2D eigenvalue weighted by Gasteiger charge is -2.17. The summed E-state index contributed by atoms with van der Waals surface area (Å²) in [7, 11) is 0. The molecular weight excluding hydrogens is 140 g/mol. The van der Waals surface area contributed by atoms with Crippen LogP contribution in [0.25, 0.3) is 0 Å². The Labute approximate surface area is 56.7 Å². The van der Waals surface area contributed by atoms with Crippen molar-refractivity contribution in [2.45, 2.75) is 18.1 Å². The molecule has 0 spiro atoms. The van der Waals surface area contributed by atoms with Gasteiger partial charge in [-0.1, -0.05) is 0 Å². The van der Waals surface area contributed by atoms with Gasteiger partial charge in [0.15, 0.2) is 11.1 Å². The zero-order chi connectivity index (χ0) is 6.69. The highest BCUT2D eigenvalue weighted by atomic mass is 32.2. The molecule has 1 N–H and O–H groups in total. The van der Waals surface area contributed by atoms with Crippen LogP contribution in [0.15, 0.2) is 0 Å². The van der Waals surface area contributed by atoms with Gasteiger partial charge in [-0.2, -0.15) is 0 Å². The predicted octanol–water partition coefficient (Wildman–Crippen LogP) is 0.387. The Bertz CT molecular complexity index is 109. The van der Waals surface area contributed by atoms with E-state index >= 15 is 0 Å². The molecule has 0 amide bonds. The molecule has 1 unspecified atom stereocenters. The Balaban J connectivity index is 2.31. The summed E-state index contributed by atoms with van der Waals surface area (Å²) in [5.41, 5.74) is 0. The molecule has 1 aliphatic heterocycles. The average Bonchev–Trinajstić information content (AvgIpc) is 1.90. The zero-order valence-electron chi connectivity index (χ0n) is 5.08. The molecule has 0 aromatic rings. The van der Waals surface area contributed by atoms with Gasteiger partial charge >= 0.3 is 0 Å². The highest BCUT2D eigenvalue weighted by Gasteiger charge is 2.18. The van der Waals surface area contributed by atoms with Crippen LogP contribution < -0.4 is 0 Å². The van der Waals surface area contributed by atoms with Gasteiger partial charge in [-0.25, -0.2) is 4.21 Å². The van der Waals surface area contributed by atoms with E-state index in [1.807, 2.05) is 0 Å². The summed E-state index contributed by atoms with van der Waals surface area (Å²) in [4.78, 5) is 0. The molecule has 9 heavy (non-hydrogen) atoms. The Hall–Kier alpha value is 0.0700. The molecule has 4 heteroatoms. The minimum Gasteiger partial charge on any atom is -0.380 e. The second kappa shape index (κ2) is 3.29. The van der Waals surface area contributed by atoms with Gasteiger partial charge in [0.1, 0.15) is 0 Å². The fourth-order valence-electron chi connectivity index (χ4n) is 0.870. The Kier molecular flexibility index (Phi) is 2.63. The highest BCUT2D eigenvalue weighted by molar-refractivity contribution is 7.79.